The van der Waals surface area contributed by atoms with Gasteiger partial charge in [0.25, 0.3) is 0 Å². The molecule has 0 fully saturated rings. The van der Waals surface area contributed by atoms with Crippen LogP contribution >= 0.6 is 0 Å². The lowest BCUT2D eigenvalue weighted by molar-refractivity contribution is 0.0697. The Hall–Kier alpha value is -1.64. The van der Waals surface area contributed by atoms with Gasteiger partial charge >= 0.3 is 5.97 Å². The molecule has 0 radical (unpaired) electrons. The lowest BCUT2D eigenvalue weighted by Crippen LogP contribution is -2.02. The molecule has 0 saturated heterocycles. The Morgan fingerprint density at radius 2 is 1.93 bits per heavy atom. The van der Waals surface area contributed by atoms with Gasteiger partial charge in [-0.25, -0.2) is 4.79 Å². The molecule has 3 nitrogen and oxygen atoms in total. The summed E-state index contributed by atoms with van der Waals surface area (Å²) in [6.45, 7) is 1.92. The first-order chi connectivity index (χ1) is 6.65. The van der Waals surface area contributed by atoms with Gasteiger partial charge in [0.2, 0.25) is 0 Å². The minimum Gasteiger partial charge on any atom is -0.478 e. The molecule has 0 aliphatic rings. The standard InChI is InChI=1S/C11H12O3/c1-2-4-10(12)8-5-3-6-9(7-8)11(13)14/h3,5-7H,2,4H2,1H3,(H,13,14). The van der Waals surface area contributed by atoms with Crippen molar-refractivity contribution >= 4 is 11.8 Å². The van der Waals surface area contributed by atoms with Gasteiger partial charge in [-0.2, -0.15) is 0 Å². The summed E-state index contributed by atoms with van der Waals surface area (Å²) in [5.41, 5.74) is 0.638. The minimum atomic E-state index is -1.00. The molecule has 0 aliphatic carbocycles. The van der Waals surface area contributed by atoms with Gasteiger partial charge in [0, 0.05) is 12.0 Å². The highest BCUT2D eigenvalue weighted by molar-refractivity contribution is 5.98. The molecule has 0 amide bonds. The third kappa shape index (κ3) is 2.42. The van der Waals surface area contributed by atoms with Crippen molar-refractivity contribution < 1.29 is 14.7 Å². The van der Waals surface area contributed by atoms with Crippen LogP contribution in [0.2, 0.25) is 0 Å². The van der Waals surface area contributed by atoms with E-state index in [0.29, 0.717) is 12.0 Å². The molecule has 0 bridgehead atoms. The Morgan fingerprint density at radius 1 is 1.29 bits per heavy atom. The summed E-state index contributed by atoms with van der Waals surface area (Å²) in [7, 11) is 0. The maximum atomic E-state index is 11.4. The van der Waals surface area contributed by atoms with Crippen LogP contribution in [0.25, 0.3) is 0 Å². The minimum absolute atomic E-state index is 0.00407. The second-order valence-electron chi connectivity index (χ2n) is 3.06. The van der Waals surface area contributed by atoms with Crippen molar-refractivity contribution in [3.05, 3.63) is 35.4 Å². The number of Topliss-reactive ketones (excluding diaryl/α,β-unsaturated/α-hetero) is 1. The van der Waals surface area contributed by atoms with E-state index in [1.165, 1.54) is 12.1 Å². The van der Waals surface area contributed by atoms with Gasteiger partial charge in [-0.1, -0.05) is 19.1 Å². The zero-order valence-corrected chi connectivity index (χ0v) is 7.99. The van der Waals surface area contributed by atoms with Crippen molar-refractivity contribution in [1.82, 2.24) is 0 Å². The van der Waals surface area contributed by atoms with Crippen LogP contribution < -0.4 is 0 Å². The Kier molecular flexibility index (Phi) is 3.40. The molecule has 74 valence electrons. The molecule has 0 unspecified atom stereocenters. The molecule has 1 N–H and O–H groups in total. The van der Waals surface area contributed by atoms with Gasteiger partial charge in [-0.05, 0) is 18.6 Å². The van der Waals surface area contributed by atoms with Crippen LogP contribution in [0.3, 0.4) is 0 Å². The maximum Gasteiger partial charge on any atom is 0.335 e. The zero-order chi connectivity index (χ0) is 10.6. The molecule has 0 spiro atoms. The number of hydrogen-bond donors (Lipinski definition) is 1. The first-order valence-corrected chi connectivity index (χ1v) is 4.51. The van der Waals surface area contributed by atoms with E-state index >= 15 is 0 Å². The van der Waals surface area contributed by atoms with E-state index in [1.807, 2.05) is 6.92 Å². The number of rotatable bonds is 4. The second kappa shape index (κ2) is 4.56. The Bertz CT molecular complexity index is 355. The van der Waals surface area contributed by atoms with Crippen LogP contribution in [0.5, 0.6) is 0 Å². The van der Waals surface area contributed by atoms with Crippen LogP contribution in [0, 0.1) is 0 Å². The largest absolute Gasteiger partial charge is 0.478 e. The second-order valence-corrected chi connectivity index (χ2v) is 3.06. The molecule has 0 aromatic heterocycles. The Labute approximate surface area is 82.4 Å². The van der Waals surface area contributed by atoms with E-state index in [4.69, 9.17) is 5.11 Å². The van der Waals surface area contributed by atoms with Crippen LogP contribution in [-0.2, 0) is 0 Å². The smallest absolute Gasteiger partial charge is 0.335 e. The molecule has 0 aliphatic heterocycles. The number of ketones is 1. The number of hydrogen-bond acceptors (Lipinski definition) is 2. The predicted molar refractivity (Wildman–Crippen MR) is 52.6 cm³/mol. The summed E-state index contributed by atoms with van der Waals surface area (Å²) in [5, 5.41) is 8.71. The van der Waals surface area contributed by atoms with Gasteiger partial charge in [-0.15, -0.1) is 0 Å². The van der Waals surface area contributed by atoms with Gasteiger partial charge < -0.3 is 5.11 Å². The normalized spacial score (nSPS) is 9.79. The fraction of sp³-hybridized carbons (Fsp3) is 0.273. The number of aromatic carboxylic acids is 1. The van der Waals surface area contributed by atoms with E-state index in [0.717, 1.165) is 6.42 Å². The first-order valence-electron chi connectivity index (χ1n) is 4.51. The number of carbonyl (C=O) groups is 2. The Balaban J connectivity index is 2.93. The SMILES string of the molecule is CCCC(=O)c1cccc(C(=O)O)c1. The average molecular weight is 192 g/mol. The van der Waals surface area contributed by atoms with E-state index in [9.17, 15) is 9.59 Å². The Morgan fingerprint density at radius 3 is 2.50 bits per heavy atom. The molecular weight excluding hydrogens is 180 g/mol. The van der Waals surface area contributed by atoms with Gasteiger partial charge in [0.15, 0.2) is 5.78 Å². The molecule has 0 saturated carbocycles. The fourth-order valence-corrected chi connectivity index (χ4v) is 1.20. The number of carboxylic acids is 1. The highest BCUT2D eigenvalue weighted by Crippen LogP contribution is 2.08. The van der Waals surface area contributed by atoms with Gasteiger partial charge in [0.1, 0.15) is 0 Å². The van der Waals surface area contributed by atoms with Crippen molar-refractivity contribution in [2.45, 2.75) is 19.8 Å². The summed E-state index contributed by atoms with van der Waals surface area (Å²) in [6, 6.07) is 6.13. The number of carboxylic acid groups (broad SMARTS) is 1. The molecular formula is C11H12O3. The predicted octanol–water partition coefficient (Wildman–Crippen LogP) is 2.37. The highest BCUT2D eigenvalue weighted by atomic mass is 16.4. The monoisotopic (exact) mass is 192 g/mol. The molecule has 3 heteroatoms. The maximum absolute atomic E-state index is 11.4. The number of carbonyl (C=O) groups excluding carboxylic acids is 1. The van der Waals surface area contributed by atoms with E-state index in [1.54, 1.807) is 12.1 Å². The third-order valence-electron chi connectivity index (χ3n) is 1.91. The summed E-state index contributed by atoms with van der Waals surface area (Å²) >= 11 is 0. The first kappa shape index (κ1) is 10.4. The summed E-state index contributed by atoms with van der Waals surface area (Å²) in [4.78, 5) is 22.0. The van der Waals surface area contributed by atoms with Gasteiger partial charge in [0.05, 0.1) is 5.56 Å². The van der Waals surface area contributed by atoms with E-state index in [2.05, 4.69) is 0 Å². The average Bonchev–Trinajstić information content (AvgIpc) is 2.18. The fourth-order valence-electron chi connectivity index (χ4n) is 1.20. The lowest BCUT2D eigenvalue weighted by atomic mass is 10.0. The molecule has 0 heterocycles. The van der Waals surface area contributed by atoms with Crippen LogP contribution in [0.4, 0.5) is 0 Å². The van der Waals surface area contributed by atoms with Crippen LogP contribution in [0.1, 0.15) is 40.5 Å². The van der Waals surface area contributed by atoms with Crippen LogP contribution in [-0.4, -0.2) is 16.9 Å². The van der Waals surface area contributed by atoms with Crippen molar-refractivity contribution in [3.8, 4) is 0 Å². The molecule has 14 heavy (non-hydrogen) atoms. The quantitative estimate of drug-likeness (QED) is 0.745. The van der Waals surface area contributed by atoms with Gasteiger partial charge in [-0.3, -0.25) is 4.79 Å². The van der Waals surface area contributed by atoms with Crippen molar-refractivity contribution in [3.63, 3.8) is 0 Å². The topological polar surface area (TPSA) is 54.4 Å². The van der Waals surface area contributed by atoms with Crippen molar-refractivity contribution in [1.29, 1.82) is 0 Å². The molecule has 1 aromatic rings. The third-order valence-corrected chi connectivity index (χ3v) is 1.91. The van der Waals surface area contributed by atoms with Crippen molar-refractivity contribution in [2.24, 2.45) is 0 Å². The molecule has 1 aromatic carbocycles. The lowest BCUT2D eigenvalue weighted by Gasteiger charge is -2.00. The highest BCUT2D eigenvalue weighted by Gasteiger charge is 2.07. The molecule has 1 rings (SSSR count). The van der Waals surface area contributed by atoms with E-state index < -0.39 is 5.97 Å². The summed E-state index contributed by atoms with van der Waals surface area (Å²) in [6.07, 6.45) is 1.24. The van der Waals surface area contributed by atoms with Crippen LogP contribution in [0.15, 0.2) is 24.3 Å². The summed E-state index contributed by atoms with van der Waals surface area (Å²) < 4.78 is 0. The zero-order valence-electron chi connectivity index (χ0n) is 7.99. The number of benzene rings is 1. The van der Waals surface area contributed by atoms with Crippen molar-refractivity contribution in [2.75, 3.05) is 0 Å². The van der Waals surface area contributed by atoms with E-state index in [-0.39, 0.29) is 11.3 Å². The molecule has 0 atom stereocenters. The summed E-state index contributed by atoms with van der Waals surface area (Å²) in [5.74, 6) is -1.01.